The molecule has 0 aromatic rings. The molecule has 0 spiro atoms. The number of aliphatic hydroxyl groups is 1. The zero-order chi connectivity index (χ0) is 12.2. The number of ether oxygens (including phenoxy) is 1. The molecule has 1 unspecified atom stereocenters. The average molecular weight is 233 g/mol. The van der Waals surface area contributed by atoms with Crippen molar-refractivity contribution in [2.45, 2.75) is 31.7 Å². The van der Waals surface area contributed by atoms with Crippen LogP contribution >= 0.6 is 0 Å². The van der Waals surface area contributed by atoms with Gasteiger partial charge in [-0.2, -0.15) is 0 Å². The van der Waals surface area contributed by atoms with Crippen molar-refractivity contribution in [3.05, 3.63) is 0 Å². The Balaban J connectivity index is 3.07. The van der Waals surface area contributed by atoms with Gasteiger partial charge in [0, 0.05) is 6.61 Å². The molecule has 0 aliphatic carbocycles. The molecule has 6 heteroatoms. The van der Waals surface area contributed by atoms with Crippen LogP contribution in [0.4, 0.5) is 0 Å². The number of carbonyl (C=O) groups excluding carboxylic acids is 1. The minimum atomic E-state index is -0.527. The predicted octanol–water partition coefficient (Wildman–Crippen LogP) is -1.08. The number of nitrogens with one attached hydrogen (secondary N) is 1. The number of amides is 1. The number of unbranched alkanes of at least 4 members (excludes halogenated alkanes) is 1. The predicted molar refractivity (Wildman–Crippen MR) is 61.5 cm³/mol. The van der Waals surface area contributed by atoms with Crippen molar-refractivity contribution in [1.82, 2.24) is 5.32 Å². The molecule has 6 nitrogen and oxygen atoms in total. The van der Waals surface area contributed by atoms with Gasteiger partial charge in [0.05, 0.1) is 19.4 Å². The highest BCUT2D eigenvalue weighted by Gasteiger charge is 2.07. The van der Waals surface area contributed by atoms with E-state index >= 15 is 0 Å². The normalized spacial score (nSPS) is 12.6. The summed E-state index contributed by atoms with van der Waals surface area (Å²) in [5.41, 5.74) is 10.5. The van der Waals surface area contributed by atoms with Gasteiger partial charge in [-0.15, -0.1) is 0 Å². The molecule has 0 bridgehead atoms. The molecule has 1 amide bonds. The fraction of sp³-hybridized carbons (Fsp3) is 0.900. The first-order chi connectivity index (χ1) is 7.68. The highest BCUT2D eigenvalue weighted by atomic mass is 16.5. The molecule has 0 aromatic carbocycles. The van der Waals surface area contributed by atoms with E-state index in [1.807, 2.05) is 0 Å². The van der Waals surface area contributed by atoms with Gasteiger partial charge in [-0.25, -0.2) is 0 Å². The lowest BCUT2D eigenvalue weighted by Crippen LogP contribution is -2.36. The number of primary amides is 1. The second-order valence-corrected chi connectivity index (χ2v) is 3.63. The standard InChI is InChI=1S/C10H23N3O3/c11-9(10(12)15)4-1-2-5-13-8-16-7-3-6-14/h9,13-14H,1-8,11H2,(H2,12,15). The minimum Gasteiger partial charge on any atom is -0.396 e. The topological polar surface area (TPSA) is 111 Å². The van der Waals surface area contributed by atoms with Crippen LogP contribution in [0.15, 0.2) is 0 Å². The van der Waals surface area contributed by atoms with Crippen LogP contribution < -0.4 is 16.8 Å². The molecule has 96 valence electrons. The van der Waals surface area contributed by atoms with Gasteiger partial charge >= 0.3 is 0 Å². The maximum Gasteiger partial charge on any atom is 0.234 e. The molecule has 0 radical (unpaired) electrons. The first-order valence-corrected chi connectivity index (χ1v) is 5.62. The fourth-order valence-electron chi connectivity index (χ4n) is 1.14. The van der Waals surface area contributed by atoms with Crippen molar-refractivity contribution in [3.8, 4) is 0 Å². The number of carbonyl (C=O) groups is 1. The highest BCUT2D eigenvalue weighted by Crippen LogP contribution is 1.97. The molecule has 0 heterocycles. The molecule has 0 aliphatic rings. The maximum absolute atomic E-state index is 10.6. The van der Waals surface area contributed by atoms with Crippen molar-refractivity contribution in [1.29, 1.82) is 0 Å². The molecule has 0 aliphatic heterocycles. The molecule has 6 N–H and O–H groups in total. The van der Waals surface area contributed by atoms with Gasteiger partial charge in [-0.05, 0) is 25.8 Å². The molecular weight excluding hydrogens is 210 g/mol. The Morgan fingerprint density at radius 2 is 2.12 bits per heavy atom. The third-order valence-electron chi connectivity index (χ3n) is 2.14. The molecule has 16 heavy (non-hydrogen) atoms. The van der Waals surface area contributed by atoms with E-state index in [0.29, 0.717) is 26.2 Å². The van der Waals surface area contributed by atoms with E-state index in [4.69, 9.17) is 21.3 Å². The quantitative estimate of drug-likeness (QED) is 0.268. The van der Waals surface area contributed by atoms with Crippen LogP contribution in [0.2, 0.25) is 0 Å². The van der Waals surface area contributed by atoms with Crippen molar-refractivity contribution >= 4 is 5.91 Å². The number of hydrogen-bond acceptors (Lipinski definition) is 5. The minimum absolute atomic E-state index is 0.158. The SMILES string of the molecule is NC(=O)C(N)CCCCNCOCCCO. The zero-order valence-electron chi connectivity index (χ0n) is 9.65. The largest absolute Gasteiger partial charge is 0.396 e. The second-order valence-electron chi connectivity index (χ2n) is 3.63. The summed E-state index contributed by atoms with van der Waals surface area (Å²) in [6.07, 6.45) is 3.09. The summed E-state index contributed by atoms with van der Waals surface area (Å²) in [4.78, 5) is 10.6. The van der Waals surface area contributed by atoms with E-state index in [2.05, 4.69) is 5.32 Å². The van der Waals surface area contributed by atoms with E-state index in [1.165, 1.54) is 0 Å². The summed E-state index contributed by atoms with van der Waals surface area (Å²) >= 11 is 0. The third kappa shape index (κ3) is 9.85. The summed E-state index contributed by atoms with van der Waals surface area (Å²) in [6.45, 7) is 2.04. The van der Waals surface area contributed by atoms with Crippen molar-refractivity contribution < 1.29 is 14.6 Å². The molecular formula is C10H23N3O3. The van der Waals surface area contributed by atoms with Gasteiger partial charge in [0.15, 0.2) is 0 Å². The molecule has 1 atom stereocenters. The fourth-order valence-corrected chi connectivity index (χ4v) is 1.14. The second kappa shape index (κ2) is 10.8. The van der Waals surface area contributed by atoms with Crippen molar-refractivity contribution in [2.75, 3.05) is 26.5 Å². The van der Waals surface area contributed by atoms with Crippen LogP contribution in [0.3, 0.4) is 0 Å². The van der Waals surface area contributed by atoms with Crippen LogP contribution in [-0.4, -0.2) is 43.5 Å². The van der Waals surface area contributed by atoms with Crippen molar-refractivity contribution in [3.63, 3.8) is 0 Å². The average Bonchev–Trinajstić information content (AvgIpc) is 2.26. The van der Waals surface area contributed by atoms with Crippen LogP contribution in [0.5, 0.6) is 0 Å². The van der Waals surface area contributed by atoms with Gasteiger partial charge in [0.1, 0.15) is 0 Å². The smallest absolute Gasteiger partial charge is 0.234 e. The van der Waals surface area contributed by atoms with Gasteiger partial charge in [0.2, 0.25) is 5.91 Å². The zero-order valence-corrected chi connectivity index (χ0v) is 9.65. The Labute approximate surface area is 96.3 Å². The molecule has 0 rings (SSSR count). The lowest BCUT2D eigenvalue weighted by molar-refractivity contribution is -0.119. The summed E-state index contributed by atoms with van der Waals surface area (Å²) < 4.78 is 5.17. The summed E-state index contributed by atoms with van der Waals surface area (Å²) in [5, 5.41) is 11.6. The van der Waals surface area contributed by atoms with Gasteiger partial charge in [-0.1, -0.05) is 6.42 Å². The summed E-state index contributed by atoms with van der Waals surface area (Å²) in [5.74, 6) is -0.444. The number of hydrogen-bond donors (Lipinski definition) is 4. The van der Waals surface area contributed by atoms with Crippen LogP contribution in [-0.2, 0) is 9.53 Å². The third-order valence-corrected chi connectivity index (χ3v) is 2.14. The van der Waals surface area contributed by atoms with E-state index in [-0.39, 0.29) is 6.61 Å². The number of rotatable bonds is 11. The maximum atomic E-state index is 10.6. The molecule has 0 fully saturated rings. The van der Waals surface area contributed by atoms with E-state index < -0.39 is 11.9 Å². The summed E-state index contributed by atoms with van der Waals surface area (Å²) in [7, 11) is 0. The van der Waals surface area contributed by atoms with Crippen LogP contribution in [0, 0.1) is 0 Å². The molecule has 0 aromatic heterocycles. The van der Waals surface area contributed by atoms with Crippen LogP contribution in [0.25, 0.3) is 0 Å². The van der Waals surface area contributed by atoms with E-state index in [9.17, 15) is 4.79 Å². The Bertz CT molecular complexity index is 179. The number of nitrogens with two attached hydrogens (primary N) is 2. The van der Waals surface area contributed by atoms with Gasteiger partial charge in [0.25, 0.3) is 0 Å². The molecule has 0 saturated carbocycles. The lowest BCUT2D eigenvalue weighted by Gasteiger charge is -2.08. The Kier molecular flexibility index (Phi) is 10.3. The van der Waals surface area contributed by atoms with Crippen LogP contribution in [0.1, 0.15) is 25.7 Å². The first-order valence-electron chi connectivity index (χ1n) is 5.62. The Hall–Kier alpha value is -0.690. The highest BCUT2D eigenvalue weighted by molar-refractivity contribution is 5.79. The Morgan fingerprint density at radius 3 is 2.75 bits per heavy atom. The first kappa shape index (κ1) is 15.3. The molecule has 0 saturated heterocycles. The van der Waals surface area contributed by atoms with Gasteiger partial charge < -0.3 is 21.3 Å². The van der Waals surface area contributed by atoms with E-state index in [1.54, 1.807) is 0 Å². The van der Waals surface area contributed by atoms with E-state index in [0.717, 1.165) is 19.4 Å². The Morgan fingerprint density at radius 1 is 1.38 bits per heavy atom. The van der Waals surface area contributed by atoms with Crippen molar-refractivity contribution in [2.24, 2.45) is 11.5 Å². The monoisotopic (exact) mass is 233 g/mol. The lowest BCUT2D eigenvalue weighted by atomic mass is 10.1. The van der Waals surface area contributed by atoms with Gasteiger partial charge in [-0.3, -0.25) is 10.1 Å². The summed E-state index contributed by atoms with van der Waals surface area (Å²) in [6, 6.07) is -0.527. The number of aliphatic hydroxyl groups excluding tert-OH is 1.